The molecule has 0 atom stereocenters. The third kappa shape index (κ3) is 4.43. The van der Waals surface area contributed by atoms with Gasteiger partial charge in [-0.15, -0.1) is 0 Å². The number of carbonyl (C=O) groups is 1. The van der Waals surface area contributed by atoms with E-state index in [0.717, 1.165) is 47.6 Å². The van der Waals surface area contributed by atoms with Gasteiger partial charge in [-0.2, -0.15) is 0 Å². The van der Waals surface area contributed by atoms with Crippen LogP contribution in [0.5, 0.6) is 0 Å². The summed E-state index contributed by atoms with van der Waals surface area (Å²) in [4.78, 5) is 24.5. The summed E-state index contributed by atoms with van der Waals surface area (Å²) in [6.45, 7) is 0.761. The lowest BCUT2D eigenvalue weighted by Gasteiger charge is -2.29. The first-order chi connectivity index (χ1) is 15.8. The van der Waals surface area contributed by atoms with Crippen molar-refractivity contribution in [2.24, 2.45) is 0 Å². The minimum absolute atomic E-state index is 0.0946. The molecule has 0 unspecified atom stereocenters. The van der Waals surface area contributed by atoms with Gasteiger partial charge >= 0.3 is 0 Å². The van der Waals surface area contributed by atoms with Gasteiger partial charge in [0.25, 0.3) is 0 Å². The smallest absolute Gasteiger partial charge is 0.237 e. The third-order valence-corrected chi connectivity index (χ3v) is 6.41. The van der Waals surface area contributed by atoms with Crippen LogP contribution in [0, 0.1) is 0 Å². The van der Waals surface area contributed by atoms with Crippen molar-refractivity contribution < 1.29 is 4.79 Å². The van der Waals surface area contributed by atoms with Crippen molar-refractivity contribution in [1.29, 1.82) is 0 Å². The predicted octanol–water partition coefficient (Wildman–Crippen LogP) is 5.88. The summed E-state index contributed by atoms with van der Waals surface area (Å²) < 4.78 is 0. The number of rotatable bonds is 5. The van der Waals surface area contributed by atoms with E-state index in [1.54, 1.807) is 0 Å². The fraction of sp³-hybridized carbons (Fsp3) is 0.148. The van der Waals surface area contributed by atoms with E-state index in [2.05, 4.69) is 6.07 Å². The second kappa shape index (κ2) is 9.37. The van der Waals surface area contributed by atoms with Gasteiger partial charge in [0, 0.05) is 23.4 Å². The average Bonchev–Trinajstić information content (AvgIpc) is 2.88. The molecule has 0 spiro atoms. The van der Waals surface area contributed by atoms with Gasteiger partial charge in [0.05, 0.1) is 17.1 Å². The Morgan fingerprint density at radius 2 is 1.41 bits per heavy atom. The number of aryl methyl sites for hydroxylation is 1. The molecule has 1 aliphatic rings. The Hall–Kier alpha value is -3.44. The van der Waals surface area contributed by atoms with Crippen LogP contribution in [0.15, 0.2) is 96.2 Å². The van der Waals surface area contributed by atoms with Crippen LogP contribution >= 0.6 is 11.8 Å². The third-order valence-electron chi connectivity index (χ3n) is 5.58. The second-order valence-electron chi connectivity index (χ2n) is 7.72. The summed E-state index contributed by atoms with van der Waals surface area (Å²) >= 11 is 1.40. The van der Waals surface area contributed by atoms with Crippen molar-refractivity contribution in [3.05, 3.63) is 96.6 Å². The van der Waals surface area contributed by atoms with Gasteiger partial charge in [0.15, 0.2) is 5.16 Å². The summed E-state index contributed by atoms with van der Waals surface area (Å²) in [5.74, 6) is 0.401. The number of para-hydroxylation sites is 1. The highest BCUT2D eigenvalue weighted by Crippen LogP contribution is 2.29. The molecule has 0 bridgehead atoms. The monoisotopic (exact) mass is 437 g/mol. The van der Waals surface area contributed by atoms with E-state index in [1.807, 2.05) is 89.8 Å². The highest BCUT2D eigenvalue weighted by atomic mass is 32.2. The molecular weight excluding hydrogens is 414 g/mol. The molecule has 1 amide bonds. The van der Waals surface area contributed by atoms with E-state index in [0.29, 0.717) is 10.9 Å². The highest BCUT2D eigenvalue weighted by Gasteiger charge is 2.22. The van der Waals surface area contributed by atoms with Gasteiger partial charge in [-0.05, 0) is 30.5 Å². The number of fused-ring (bicyclic) bond motifs is 1. The zero-order valence-electron chi connectivity index (χ0n) is 17.6. The van der Waals surface area contributed by atoms with Crippen molar-refractivity contribution in [2.45, 2.75) is 18.0 Å². The zero-order valence-corrected chi connectivity index (χ0v) is 18.5. The van der Waals surface area contributed by atoms with Crippen LogP contribution in [-0.2, 0) is 11.2 Å². The van der Waals surface area contributed by atoms with E-state index in [4.69, 9.17) is 9.97 Å². The molecule has 5 rings (SSSR count). The first-order valence-electron chi connectivity index (χ1n) is 10.8. The second-order valence-corrected chi connectivity index (χ2v) is 8.66. The van der Waals surface area contributed by atoms with Gasteiger partial charge in [-0.25, -0.2) is 9.97 Å². The molecule has 158 valence electrons. The molecular formula is C27H23N3OS. The lowest BCUT2D eigenvalue weighted by Crippen LogP contribution is -2.36. The first kappa shape index (κ1) is 20.5. The van der Waals surface area contributed by atoms with E-state index >= 15 is 0 Å². The topological polar surface area (TPSA) is 46.1 Å². The van der Waals surface area contributed by atoms with E-state index < -0.39 is 0 Å². The average molecular weight is 438 g/mol. The maximum atomic E-state index is 13.1. The number of nitrogens with zero attached hydrogens (tertiary/aromatic N) is 3. The van der Waals surface area contributed by atoms with Crippen LogP contribution in [0.3, 0.4) is 0 Å². The Labute approximate surface area is 192 Å². The van der Waals surface area contributed by atoms with Gasteiger partial charge in [0.2, 0.25) is 5.91 Å². The summed E-state index contributed by atoms with van der Waals surface area (Å²) in [5.41, 5.74) is 6.06. The number of hydrogen-bond donors (Lipinski definition) is 0. The molecule has 0 aliphatic carbocycles. The summed E-state index contributed by atoms with van der Waals surface area (Å²) in [7, 11) is 0. The SMILES string of the molecule is O=C(CSc1nc(-c2ccccc2)cc(-c2ccccc2)n1)N1CCCc2ccccc21. The van der Waals surface area contributed by atoms with Crippen molar-refractivity contribution in [3.8, 4) is 22.5 Å². The minimum Gasteiger partial charge on any atom is -0.311 e. The van der Waals surface area contributed by atoms with Gasteiger partial charge in [0.1, 0.15) is 0 Å². The molecule has 0 radical (unpaired) electrons. The van der Waals surface area contributed by atoms with Crippen LogP contribution in [0.4, 0.5) is 5.69 Å². The normalized spacial score (nSPS) is 12.9. The number of thioether (sulfide) groups is 1. The Morgan fingerprint density at radius 1 is 0.812 bits per heavy atom. The summed E-state index contributed by atoms with van der Waals surface area (Å²) in [5, 5.41) is 0.615. The van der Waals surface area contributed by atoms with Gasteiger partial charge in [-0.1, -0.05) is 90.6 Å². The van der Waals surface area contributed by atoms with Crippen LogP contribution in [-0.4, -0.2) is 28.2 Å². The molecule has 0 fully saturated rings. The van der Waals surface area contributed by atoms with Crippen LogP contribution in [0.1, 0.15) is 12.0 Å². The molecule has 4 aromatic rings. The van der Waals surface area contributed by atoms with Crippen LogP contribution in [0.25, 0.3) is 22.5 Å². The minimum atomic E-state index is 0.0946. The fourth-order valence-electron chi connectivity index (χ4n) is 4.00. The Morgan fingerprint density at radius 3 is 2.06 bits per heavy atom. The number of aromatic nitrogens is 2. The lowest BCUT2D eigenvalue weighted by molar-refractivity contribution is -0.116. The quantitative estimate of drug-likeness (QED) is 0.289. The number of amides is 1. The first-order valence-corrected chi connectivity index (χ1v) is 11.8. The molecule has 2 heterocycles. The number of carbonyl (C=O) groups excluding carboxylic acids is 1. The Balaban J connectivity index is 1.42. The molecule has 1 aromatic heterocycles. The summed E-state index contributed by atoms with van der Waals surface area (Å²) in [6.07, 6.45) is 2.02. The van der Waals surface area contributed by atoms with Crippen molar-refractivity contribution >= 4 is 23.4 Å². The van der Waals surface area contributed by atoms with Crippen molar-refractivity contribution in [1.82, 2.24) is 9.97 Å². The molecule has 0 saturated carbocycles. The number of hydrogen-bond acceptors (Lipinski definition) is 4. The molecule has 0 saturated heterocycles. The highest BCUT2D eigenvalue weighted by molar-refractivity contribution is 7.99. The van der Waals surface area contributed by atoms with E-state index in [9.17, 15) is 4.79 Å². The summed E-state index contributed by atoms with van der Waals surface area (Å²) in [6, 6.07) is 30.4. The fourth-order valence-corrected chi connectivity index (χ4v) is 4.73. The molecule has 4 nitrogen and oxygen atoms in total. The maximum absolute atomic E-state index is 13.1. The molecule has 5 heteroatoms. The number of anilines is 1. The van der Waals surface area contributed by atoms with Gasteiger partial charge in [-0.3, -0.25) is 4.79 Å². The Bertz CT molecular complexity index is 1170. The zero-order chi connectivity index (χ0) is 21.8. The maximum Gasteiger partial charge on any atom is 0.237 e. The van der Waals surface area contributed by atoms with Crippen molar-refractivity contribution in [3.63, 3.8) is 0 Å². The number of benzene rings is 3. The molecule has 32 heavy (non-hydrogen) atoms. The Kier molecular flexibility index (Phi) is 5.99. The van der Waals surface area contributed by atoms with Crippen LogP contribution < -0.4 is 4.90 Å². The van der Waals surface area contributed by atoms with E-state index in [1.165, 1.54) is 17.3 Å². The lowest BCUT2D eigenvalue weighted by atomic mass is 10.0. The van der Waals surface area contributed by atoms with Crippen molar-refractivity contribution in [2.75, 3.05) is 17.2 Å². The van der Waals surface area contributed by atoms with E-state index in [-0.39, 0.29) is 5.91 Å². The molecule has 0 N–H and O–H groups in total. The largest absolute Gasteiger partial charge is 0.311 e. The van der Waals surface area contributed by atoms with Gasteiger partial charge < -0.3 is 4.90 Å². The van der Waals surface area contributed by atoms with Crippen LogP contribution in [0.2, 0.25) is 0 Å². The standard InChI is InChI=1S/C27H23N3OS/c31-26(30-17-9-15-22-14-7-8-16-25(22)30)19-32-27-28-23(20-10-3-1-4-11-20)18-24(29-27)21-12-5-2-6-13-21/h1-8,10-14,16,18H,9,15,17,19H2. The molecule has 3 aromatic carbocycles. The molecule has 1 aliphatic heterocycles. The predicted molar refractivity (Wildman–Crippen MR) is 131 cm³/mol.